The van der Waals surface area contributed by atoms with Crippen LogP contribution in [0.15, 0.2) is 0 Å². The first kappa shape index (κ1) is 6.52. The van der Waals surface area contributed by atoms with Crippen molar-refractivity contribution >= 4 is 51.4 Å². The van der Waals surface area contributed by atoms with Crippen LogP contribution in [0.1, 0.15) is 0 Å². The number of aliphatic hydroxyl groups excluding tert-OH is 1. The van der Waals surface area contributed by atoms with Crippen molar-refractivity contribution in [2.45, 2.75) is 6.41 Å². The van der Waals surface area contributed by atoms with Crippen LogP contribution in [0.5, 0.6) is 0 Å². The van der Waals surface area contributed by atoms with Gasteiger partial charge in [0.15, 0.2) is 0 Å². The molecule has 0 aliphatic carbocycles. The van der Waals surface area contributed by atoms with Crippen LogP contribution < -0.4 is 5.48 Å². The summed E-state index contributed by atoms with van der Waals surface area (Å²) in [4.78, 5) is 4.01. The average Bonchev–Trinajstić information content (AvgIpc) is 1.75. The Morgan fingerprint density at radius 2 is 2.00 bits per heavy atom. The molecule has 5 heavy (non-hydrogen) atoms. The summed E-state index contributed by atoms with van der Waals surface area (Å²) in [6.07, 6.45) is -0.667. The van der Waals surface area contributed by atoms with Gasteiger partial charge in [-0.1, -0.05) is 0 Å². The molecule has 1 saturated heterocycles. The maximum atomic E-state index is 7.83. The molecule has 1 aliphatic heterocycles. The second-order valence-electron chi connectivity index (χ2n) is 0.588. The molecule has 0 saturated carbocycles. The van der Waals surface area contributed by atoms with Gasteiger partial charge in [0.2, 0.25) is 0 Å². The van der Waals surface area contributed by atoms with Crippen molar-refractivity contribution in [2.24, 2.45) is 0 Å². The summed E-state index contributed by atoms with van der Waals surface area (Å²) in [5, 5.41) is 7.83. The van der Waals surface area contributed by atoms with Gasteiger partial charge in [0.25, 0.3) is 6.41 Å². The van der Waals surface area contributed by atoms with E-state index >= 15 is 0 Å². The molecule has 2 N–H and O–H groups in total. The normalized spacial score (nSPS) is 31.8. The van der Waals surface area contributed by atoms with Crippen molar-refractivity contribution in [1.29, 1.82) is 0 Å². The monoisotopic (exact) mass is 101 g/mol. The molecule has 0 radical (unpaired) electrons. The van der Waals surface area contributed by atoms with E-state index in [0.717, 1.165) is 0 Å². The van der Waals surface area contributed by atoms with E-state index in [9.17, 15) is 0 Å². The van der Waals surface area contributed by atoms with Gasteiger partial charge in [-0.3, -0.25) is 0 Å². The standard InChI is InChI=1S/CH3NO2.K.H/c3-1-2-4-1;;/h1-3H;;. The molecule has 0 amide bonds. The first-order chi connectivity index (χ1) is 1.89. The molecule has 1 fully saturated rings. The fraction of sp³-hybridized carbons (Fsp3) is 1.00. The van der Waals surface area contributed by atoms with Crippen LogP contribution >= 0.6 is 0 Å². The van der Waals surface area contributed by atoms with Gasteiger partial charge in [-0.05, 0) is 0 Å². The van der Waals surface area contributed by atoms with Crippen molar-refractivity contribution in [2.75, 3.05) is 0 Å². The summed E-state index contributed by atoms with van der Waals surface area (Å²) in [5.41, 5.74) is 2.15. The molecule has 0 spiro atoms. The van der Waals surface area contributed by atoms with Crippen LogP contribution in [0.25, 0.3) is 0 Å². The van der Waals surface area contributed by atoms with Crippen LogP contribution in [0.3, 0.4) is 0 Å². The Morgan fingerprint density at radius 1 is 1.80 bits per heavy atom. The molecular formula is CH4KNO2. The molecule has 0 aromatic rings. The molecule has 1 aliphatic rings. The quantitative estimate of drug-likeness (QED) is 0.278. The summed E-state index contributed by atoms with van der Waals surface area (Å²) < 4.78 is 0. The zero-order valence-corrected chi connectivity index (χ0v) is 1.93. The molecular weight excluding hydrogens is 97.1 g/mol. The Labute approximate surface area is 72.1 Å². The predicted octanol–water partition coefficient (Wildman–Crippen LogP) is -1.85. The van der Waals surface area contributed by atoms with Crippen LogP contribution in [0.2, 0.25) is 0 Å². The molecule has 3 nitrogen and oxygen atoms in total. The molecule has 1 heterocycles. The maximum absolute atomic E-state index is 7.83. The number of aliphatic hydroxyl groups is 1. The van der Waals surface area contributed by atoms with E-state index in [4.69, 9.17) is 5.11 Å². The Balaban J connectivity index is 0.000000160. The Morgan fingerprint density at radius 3 is 2.00 bits per heavy atom. The van der Waals surface area contributed by atoms with Crippen molar-refractivity contribution in [3.05, 3.63) is 0 Å². The third-order valence-corrected chi connectivity index (χ3v) is 0.223. The van der Waals surface area contributed by atoms with Gasteiger partial charge in [-0.15, -0.1) is 5.48 Å². The van der Waals surface area contributed by atoms with Gasteiger partial charge < -0.3 is 5.11 Å². The summed E-state index contributed by atoms with van der Waals surface area (Å²) in [6, 6.07) is 0. The van der Waals surface area contributed by atoms with Crippen LogP contribution in [0.4, 0.5) is 0 Å². The molecule has 0 bridgehead atoms. The van der Waals surface area contributed by atoms with Gasteiger partial charge in [0.05, 0.1) is 0 Å². The Bertz CT molecular complexity index is 28.8. The van der Waals surface area contributed by atoms with E-state index in [0.29, 0.717) is 0 Å². The molecule has 0 aromatic heterocycles. The molecule has 0 aromatic carbocycles. The van der Waals surface area contributed by atoms with E-state index in [1.807, 2.05) is 0 Å². The van der Waals surface area contributed by atoms with Gasteiger partial charge >= 0.3 is 51.4 Å². The molecule has 1 rings (SSSR count). The fourth-order valence-electron chi connectivity index (χ4n) is 0.0304. The minimum atomic E-state index is -0.667. The fourth-order valence-corrected chi connectivity index (χ4v) is 0.0304. The van der Waals surface area contributed by atoms with E-state index in [2.05, 4.69) is 10.3 Å². The second-order valence-corrected chi connectivity index (χ2v) is 0.588. The predicted molar refractivity (Wildman–Crippen MR) is 17.4 cm³/mol. The van der Waals surface area contributed by atoms with Crippen LogP contribution in [-0.2, 0) is 4.84 Å². The van der Waals surface area contributed by atoms with E-state index in [-0.39, 0.29) is 51.4 Å². The number of rotatable bonds is 0. The van der Waals surface area contributed by atoms with Gasteiger partial charge in [0.1, 0.15) is 0 Å². The Kier molecular flexibility index (Phi) is 3.45. The van der Waals surface area contributed by atoms with Crippen LogP contribution in [-0.4, -0.2) is 62.9 Å². The van der Waals surface area contributed by atoms with Crippen LogP contribution in [0, 0.1) is 0 Å². The second kappa shape index (κ2) is 2.65. The van der Waals surface area contributed by atoms with Gasteiger partial charge in [-0.25, -0.2) is 4.84 Å². The van der Waals surface area contributed by atoms with E-state index in [1.54, 1.807) is 0 Å². The number of hydroxylamine groups is 1. The zero-order valence-electron chi connectivity index (χ0n) is 1.93. The van der Waals surface area contributed by atoms with E-state index < -0.39 is 6.41 Å². The summed E-state index contributed by atoms with van der Waals surface area (Å²) in [6.45, 7) is 0. The number of hydrogen-bond acceptors (Lipinski definition) is 3. The topological polar surface area (TPSA) is 54.7 Å². The summed E-state index contributed by atoms with van der Waals surface area (Å²) >= 11 is 0. The third-order valence-electron chi connectivity index (χ3n) is 0.223. The molecule has 1 unspecified atom stereocenters. The van der Waals surface area contributed by atoms with Crippen molar-refractivity contribution in [3.8, 4) is 0 Å². The minimum absolute atomic E-state index is 0. The molecule has 4 heteroatoms. The zero-order chi connectivity index (χ0) is 2.99. The summed E-state index contributed by atoms with van der Waals surface area (Å²) in [7, 11) is 0. The van der Waals surface area contributed by atoms with Gasteiger partial charge in [-0.2, -0.15) is 0 Å². The average molecular weight is 101 g/mol. The molecule has 26 valence electrons. The first-order valence-corrected chi connectivity index (χ1v) is 0.987. The van der Waals surface area contributed by atoms with Crippen molar-refractivity contribution < 1.29 is 9.94 Å². The summed E-state index contributed by atoms with van der Waals surface area (Å²) in [5.74, 6) is 0. The number of hydrogen-bond donors (Lipinski definition) is 2. The van der Waals surface area contributed by atoms with Gasteiger partial charge in [0, 0.05) is 0 Å². The number of nitrogens with one attached hydrogen (secondary N) is 1. The SMILES string of the molecule is OC1NO1.[KH]. The Hall–Kier alpha value is 1.52. The van der Waals surface area contributed by atoms with Crippen molar-refractivity contribution in [1.82, 2.24) is 5.48 Å². The van der Waals surface area contributed by atoms with Crippen molar-refractivity contribution in [3.63, 3.8) is 0 Å². The third kappa shape index (κ3) is 3.34. The van der Waals surface area contributed by atoms with E-state index in [1.165, 1.54) is 0 Å². The first-order valence-electron chi connectivity index (χ1n) is 0.987. The molecule has 1 atom stereocenters.